The largest absolute Gasteiger partial charge is 0.481 e. The molecule has 0 radical (unpaired) electrons. The van der Waals surface area contributed by atoms with Crippen LogP contribution in [0, 0.1) is 6.92 Å². The van der Waals surface area contributed by atoms with E-state index in [0.717, 1.165) is 22.5 Å². The summed E-state index contributed by atoms with van der Waals surface area (Å²) >= 11 is 1.16. The number of carboxylic acid groups (broad SMARTS) is 1. The van der Waals surface area contributed by atoms with E-state index >= 15 is 0 Å². The predicted octanol–water partition coefficient (Wildman–Crippen LogP) is 2.81. The van der Waals surface area contributed by atoms with Gasteiger partial charge < -0.3 is 5.11 Å². The van der Waals surface area contributed by atoms with E-state index in [1.54, 1.807) is 11.4 Å². The van der Waals surface area contributed by atoms with Crippen LogP contribution in [0.15, 0.2) is 46.0 Å². The number of carbonyl (C=O) groups is 1. The number of carboxylic acids is 1. The molecule has 2 aromatic rings. The third kappa shape index (κ3) is 5.46. The van der Waals surface area contributed by atoms with Crippen molar-refractivity contribution >= 4 is 27.3 Å². The Kier molecular flexibility index (Phi) is 5.92. The molecule has 0 saturated heterocycles. The Morgan fingerprint density at radius 2 is 2.00 bits per heavy atom. The number of benzene rings is 1. The molecule has 23 heavy (non-hydrogen) atoms. The molecule has 1 heterocycles. The lowest BCUT2D eigenvalue weighted by molar-refractivity contribution is -0.137. The summed E-state index contributed by atoms with van der Waals surface area (Å²) in [6, 6.07) is 10.6. The molecule has 1 aromatic carbocycles. The van der Waals surface area contributed by atoms with Crippen LogP contribution >= 0.6 is 11.3 Å². The highest BCUT2D eigenvalue weighted by molar-refractivity contribution is 7.91. The lowest BCUT2D eigenvalue weighted by atomic mass is 10.0. The minimum atomic E-state index is -3.63. The molecular weight excluding hydrogens is 334 g/mol. The molecule has 0 spiro atoms. The summed E-state index contributed by atoms with van der Waals surface area (Å²) < 4.78 is 27.8. The van der Waals surface area contributed by atoms with Gasteiger partial charge in [0.2, 0.25) is 10.0 Å². The zero-order valence-electron chi connectivity index (χ0n) is 12.7. The van der Waals surface area contributed by atoms with Gasteiger partial charge in [-0.2, -0.15) is 0 Å². The maximum Gasteiger partial charge on any atom is 0.303 e. The quantitative estimate of drug-likeness (QED) is 0.764. The molecule has 0 fully saturated rings. The SMILES string of the molecule is Cc1csc(S(=O)(=O)NC(CCC(=O)O)Cc2ccccc2)c1. The van der Waals surface area contributed by atoms with E-state index in [4.69, 9.17) is 5.11 Å². The molecule has 0 aliphatic carbocycles. The van der Waals surface area contributed by atoms with Crippen LogP contribution in [-0.4, -0.2) is 25.5 Å². The first-order valence-corrected chi connectivity index (χ1v) is 9.56. The second-order valence-corrected chi connectivity index (χ2v) is 8.24. The van der Waals surface area contributed by atoms with Gasteiger partial charge in [-0.3, -0.25) is 4.79 Å². The first kappa shape index (κ1) is 17.7. The van der Waals surface area contributed by atoms with Crippen molar-refractivity contribution in [3.63, 3.8) is 0 Å². The molecule has 124 valence electrons. The van der Waals surface area contributed by atoms with Crippen molar-refractivity contribution in [1.29, 1.82) is 0 Å². The monoisotopic (exact) mass is 353 g/mol. The lowest BCUT2D eigenvalue weighted by Crippen LogP contribution is -2.36. The van der Waals surface area contributed by atoms with E-state index in [9.17, 15) is 13.2 Å². The Morgan fingerprint density at radius 3 is 2.57 bits per heavy atom. The molecule has 0 aliphatic rings. The maximum absolute atomic E-state index is 12.4. The van der Waals surface area contributed by atoms with Crippen molar-refractivity contribution in [2.75, 3.05) is 0 Å². The average molecular weight is 353 g/mol. The van der Waals surface area contributed by atoms with Crippen LogP contribution < -0.4 is 4.72 Å². The van der Waals surface area contributed by atoms with E-state index in [1.807, 2.05) is 37.3 Å². The minimum Gasteiger partial charge on any atom is -0.481 e. The fourth-order valence-corrected chi connectivity index (χ4v) is 4.74. The number of nitrogens with one attached hydrogen (secondary N) is 1. The van der Waals surface area contributed by atoms with E-state index in [1.165, 1.54) is 0 Å². The van der Waals surface area contributed by atoms with Crippen molar-refractivity contribution in [2.45, 2.75) is 36.4 Å². The summed E-state index contributed by atoms with van der Waals surface area (Å²) in [4.78, 5) is 10.8. The van der Waals surface area contributed by atoms with Gasteiger partial charge >= 0.3 is 5.97 Å². The van der Waals surface area contributed by atoms with Crippen LogP contribution in [0.25, 0.3) is 0 Å². The third-order valence-electron chi connectivity index (χ3n) is 3.32. The maximum atomic E-state index is 12.4. The van der Waals surface area contributed by atoms with Gasteiger partial charge in [0.1, 0.15) is 4.21 Å². The van der Waals surface area contributed by atoms with Crippen LogP contribution in [0.1, 0.15) is 24.0 Å². The van der Waals surface area contributed by atoms with Crippen molar-refractivity contribution in [2.24, 2.45) is 0 Å². The van der Waals surface area contributed by atoms with Gasteiger partial charge in [-0.15, -0.1) is 11.3 Å². The topological polar surface area (TPSA) is 83.5 Å². The van der Waals surface area contributed by atoms with Gasteiger partial charge in [-0.05, 0) is 42.3 Å². The number of thiophene rings is 1. The average Bonchev–Trinajstić information content (AvgIpc) is 2.93. The number of aryl methyl sites for hydroxylation is 1. The van der Waals surface area contributed by atoms with Crippen molar-refractivity contribution in [1.82, 2.24) is 4.72 Å². The summed E-state index contributed by atoms with van der Waals surface area (Å²) in [5, 5.41) is 10.6. The van der Waals surface area contributed by atoms with Crippen LogP contribution in [0.2, 0.25) is 0 Å². The summed E-state index contributed by atoms with van der Waals surface area (Å²) in [5.41, 5.74) is 1.86. The molecule has 1 aromatic heterocycles. The molecule has 2 N–H and O–H groups in total. The second-order valence-electron chi connectivity index (χ2n) is 5.38. The Labute approximate surface area is 140 Å². The van der Waals surface area contributed by atoms with E-state index in [-0.39, 0.29) is 17.1 Å². The molecule has 0 bridgehead atoms. The third-order valence-corrected chi connectivity index (χ3v) is 6.40. The molecule has 0 aliphatic heterocycles. The first-order chi connectivity index (χ1) is 10.9. The first-order valence-electron chi connectivity index (χ1n) is 7.20. The summed E-state index contributed by atoms with van der Waals surface area (Å²) in [6.07, 6.45) is 0.620. The van der Waals surface area contributed by atoms with Gasteiger partial charge in [-0.1, -0.05) is 30.3 Å². The number of aliphatic carboxylic acids is 1. The van der Waals surface area contributed by atoms with E-state index < -0.39 is 22.0 Å². The van der Waals surface area contributed by atoms with Gasteiger partial charge in [0.25, 0.3) is 0 Å². The Morgan fingerprint density at radius 1 is 1.30 bits per heavy atom. The molecule has 1 atom stereocenters. The van der Waals surface area contributed by atoms with Gasteiger partial charge in [0.05, 0.1) is 0 Å². The fourth-order valence-electron chi connectivity index (χ4n) is 2.22. The summed E-state index contributed by atoms with van der Waals surface area (Å²) in [7, 11) is -3.63. The predicted molar refractivity (Wildman–Crippen MR) is 90.2 cm³/mol. The summed E-state index contributed by atoms with van der Waals surface area (Å²) in [6.45, 7) is 1.83. The number of hydrogen-bond acceptors (Lipinski definition) is 4. The Bertz CT molecular complexity index is 753. The van der Waals surface area contributed by atoms with Crippen molar-refractivity contribution in [3.8, 4) is 0 Å². The second kappa shape index (κ2) is 7.72. The molecule has 0 saturated carbocycles. The molecular formula is C16H19NO4S2. The molecule has 5 nitrogen and oxygen atoms in total. The Balaban J connectivity index is 2.14. The number of hydrogen-bond donors (Lipinski definition) is 2. The number of rotatable bonds is 8. The fraction of sp³-hybridized carbons (Fsp3) is 0.312. The Hall–Kier alpha value is -1.70. The smallest absolute Gasteiger partial charge is 0.303 e. The molecule has 2 rings (SSSR count). The van der Waals surface area contributed by atoms with Gasteiger partial charge in [0, 0.05) is 12.5 Å². The number of sulfonamides is 1. The summed E-state index contributed by atoms with van der Waals surface area (Å²) in [5.74, 6) is -0.936. The van der Waals surface area contributed by atoms with Crippen LogP contribution in [0.4, 0.5) is 0 Å². The van der Waals surface area contributed by atoms with Gasteiger partial charge in [-0.25, -0.2) is 13.1 Å². The lowest BCUT2D eigenvalue weighted by Gasteiger charge is -2.17. The highest BCUT2D eigenvalue weighted by atomic mass is 32.2. The van der Waals surface area contributed by atoms with Crippen molar-refractivity contribution in [3.05, 3.63) is 52.9 Å². The molecule has 7 heteroatoms. The van der Waals surface area contributed by atoms with E-state index in [0.29, 0.717) is 6.42 Å². The zero-order chi connectivity index (χ0) is 16.9. The highest BCUT2D eigenvalue weighted by Crippen LogP contribution is 2.20. The van der Waals surface area contributed by atoms with Crippen molar-refractivity contribution < 1.29 is 18.3 Å². The normalized spacial score (nSPS) is 12.9. The molecule has 0 amide bonds. The van der Waals surface area contributed by atoms with E-state index in [2.05, 4.69) is 4.72 Å². The molecule has 1 unspecified atom stereocenters. The highest BCUT2D eigenvalue weighted by Gasteiger charge is 2.22. The van der Waals surface area contributed by atoms with Gasteiger partial charge in [0.15, 0.2) is 0 Å². The zero-order valence-corrected chi connectivity index (χ0v) is 14.4. The van der Waals surface area contributed by atoms with Crippen LogP contribution in [0.3, 0.4) is 0 Å². The standard InChI is InChI=1S/C16H19NO4S2/c1-12-9-16(22-11-12)23(20,21)17-14(7-8-15(18)19)10-13-5-3-2-4-6-13/h2-6,9,11,14,17H,7-8,10H2,1H3,(H,18,19). The van der Waals surface area contributed by atoms with Crippen LogP contribution in [0.5, 0.6) is 0 Å². The minimum absolute atomic E-state index is 0.0799. The van der Waals surface area contributed by atoms with Crippen LogP contribution in [-0.2, 0) is 21.2 Å².